The van der Waals surface area contributed by atoms with Crippen molar-refractivity contribution in [1.82, 2.24) is 25.0 Å². The van der Waals surface area contributed by atoms with Gasteiger partial charge in [0.05, 0.1) is 12.4 Å². The Morgan fingerprint density at radius 1 is 1.16 bits per heavy atom. The number of rotatable bonds is 8. The van der Waals surface area contributed by atoms with Gasteiger partial charge in [-0.05, 0) is 55.3 Å². The summed E-state index contributed by atoms with van der Waals surface area (Å²) in [5, 5.41) is 7.68. The first-order chi connectivity index (χ1) is 15.1. The van der Waals surface area contributed by atoms with Gasteiger partial charge in [0, 0.05) is 41.5 Å². The van der Waals surface area contributed by atoms with Gasteiger partial charge in [0.15, 0.2) is 0 Å². The lowest BCUT2D eigenvalue weighted by atomic mass is 10.1. The Morgan fingerprint density at radius 2 is 1.94 bits per heavy atom. The second kappa shape index (κ2) is 9.57. The molecule has 0 bridgehead atoms. The van der Waals surface area contributed by atoms with E-state index in [2.05, 4.69) is 20.4 Å². The largest absolute Gasteiger partial charge is 0.350 e. The Labute approximate surface area is 185 Å². The number of halogens is 1. The topological polar surface area (TPSA) is 85.8 Å². The number of nitrogens with zero attached hydrogens (tertiary/aromatic N) is 4. The number of carbonyl (C=O) groups is 1. The van der Waals surface area contributed by atoms with Crippen molar-refractivity contribution in [3.63, 3.8) is 0 Å². The second-order valence-corrected chi connectivity index (χ2v) is 7.66. The summed E-state index contributed by atoms with van der Waals surface area (Å²) in [7, 11) is 0. The summed E-state index contributed by atoms with van der Waals surface area (Å²) in [5.74, 6) is 1.02. The molecule has 2 heterocycles. The van der Waals surface area contributed by atoms with E-state index >= 15 is 0 Å². The van der Waals surface area contributed by atoms with Crippen molar-refractivity contribution in [2.45, 2.75) is 32.2 Å². The molecular weight excluding hydrogens is 414 g/mol. The summed E-state index contributed by atoms with van der Waals surface area (Å²) < 4.78 is 7.22. The first kappa shape index (κ1) is 20.8. The lowest BCUT2D eigenvalue weighted by Crippen LogP contribution is -2.26. The van der Waals surface area contributed by atoms with Crippen LogP contribution in [-0.4, -0.2) is 25.6 Å². The third-order valence-electron chi connectivity index (χ3n) is 4.94. The lowest BCUT2D eigenvalue weighted by Gasteiger charge is -2.15. The molecule has 2 aromatic carbocycles. The van der Waals surface area contributed by atoms with Gasteiger partial charge < -0.3 is 14.4 Å². The number of benzene rings is 2. The molecule has 2 aromatic heterocycles. The van der Waals surface area contributed by atoms with Crippen LogP contribution in [0.4, 0.5) is 0 Å². The van der Waals surface area contributed by atoms with Gasteiger partial charge in [0.1, 0.15) is 0 Å². The molecule has 0 aliphatic heterocycles. The maximum atomic E-state index is 12.3. The number of carbonyl (C=O) groups excluding carboxylic acids is 1. The fourth-order valence-electron chi connectivity index (χ4n) is 3.22. The minimum Gasteiger partial charge on any atom is -0.350 e. The van der Waals surface area contributed by atoms with Crippen LogP contribution in [0.3, 0.4) is 0 Å². The second-order valence-electron chi connectivity index (χ2n) is 7.22. The predicted molar refractivity (Wildman–Crippen MR) is 118 cm³/mol. The molecule has 158 valence electrons. The number of aryl methyl sites for hydroxylation is 1. The average molecular weight is 436 g/mol. The van der Waals surface area contributed by atoms with Gasteiger partial charge in [0.25, 0.3) is 0 Å². The number of imidazole rings is 1. The van der Waals surface area contributed by atoms with Crippen LogP contribution in [0.15, 0.2) is 71.8 Å². The molecule has 0 saturated carbocycles. The zero-order chi connectivity index (χ0) is 21.6. The highest BCUT2D eigenvalue weighted by Gasteiger charge is 2.12. The Hall–Kier alpha value is -3.45. The molecule has 0 radical (unpaired) electrons. The Balaban J connectivity index is 1.24. The summed E-state index contributed by atoms with van der Waals surface area (Å²) in [6, 6.07) is 15.2. The Kier molecular flexibility index (Phi) is 6.43. The quantitative estimate of drug-likeness (QED) is 0.430. The minimum atomic E-state index is -0.0794. The van der Waals surface area contributed by atoms with Crippen LogP contribution in [0.25, 0.3) is 17.1 Å². The number of hydrogen-bond donors (Lipinski definition) is 1. The van der Waals surface area contributed by atoms with E-state index in [4.69, 9.17) is 16.1 Å². The lowest BCUT2D eigenvalue weighted by molar-refractivity contribution is -0.121. The van der Waals surface area contributed by atoms with E-state index in [9.17, 15) is 4.79 Å². The summed E-state index contributed by atoms with van der Waals surface area (Å²) in [6.07, 6.45) is 6.94. The SMILES string of the molecule is CC(NC(=O)CCCc1nc(-c2ccc(Cl)cc2)no1)c1ccc(-n2ccnc2)cc1. The highest BCUT2D eigenvalue weighted by molar-refractivity contribution is 6.30. The van der Waals surface area contributed by atoms with Gasteiger partial charge in [-0.3, -0.25) is 4.79 Å². The molecule has 1 amide bonds. The van der Waals surface area contributed by atoms with Gasteiger partial charge in [-0.25, -0.2) is 4.98 Å². The first-order valence-electron chi connectivity index (χ1n) is 10.0. The van der Waals surface area contributed by atoms with Gasteiger partial charge >= 0.3 is 0 Å². The Bertz CT molecular complexity index is 1120. The highest BCUT2D eigenvalue weighted by atomic mass is 35.5. The van der Waals surface area contributed by atoms with Crippen LogP contribution in [0, 0.1) is 0 Å². The third kappa shape index (κ3) is 5.38. The molecule has 0 spiro atoms. The molecule has 0 fully saturated rings. The van der Waals surface area contributed by atoms with Crippen molar-refractivity contribution in [2.75, 3.05) is 0 Å². The molecule has 31 heavy (non-hydrogen) atoms. The van der Waals surface area contributed by atoms with E-state index < -0.39 is 0 Å². The standard InChI is InChI=1S/C23H22ClN5O2/c1-16(17-7-11-20(12-8-17)29-14-13-25-15-29)26-21(30)3-2-4-22-27-23(28-31-22)18-5-9-19(24)10-6-18/h5-16H,2-4H2,1H3,(H,26,30). The van der Waals surface area contributed by atoms with Crippen LogP contribution in [0.2, 0.25) is 5.02 Å². The van der Waals surface area contributed by atoms with E-state index in [0.717, 1.165) is 16.8 Å². The van der Waals surface area contributed by atoms with Crippen molar-refractivity contribution in [3.8, 4) is 17.1 Å². The van der Waals surface area contributed by atoms with Crippen molar-refractivity contribution in [1.29, 1.82) is 0 Å². The fraction of sp³-hybridized carbons (Fsp3) is 0.217. The molecule has 1 atom stereocenters. The number of hydrogen-bond acceptors (Lipinski definition) is 5. The zero-order valence-corrected chi connectivity index (χ0v) is 17.8. The highest BCUT2D eigenvalue weighted by Crippen LogP contribution is 2.19. The molecule has 4 aromatic rings. The molecule has 0 saturated heterocycles. The van der Waals surface area contributed by atoms with Crippen LogP contribution < -0.4 is 5.32 Å². The molecule has 7 nitrogen and oxygen atoms in total. The maximum Gasteiger partial charge on any atom is 0.226 e. The number of nitrogens with one attached hydrogen (secondary N) is 1. The zero-order valence-electron chi connectivity index (χ0n) is 17.0. The van der Waals surface area contributed by atoms with Crippen LogP contribution in [0.1, 0.15) is 37.3 Å². The predicted octanol–water partition coefficient (Wildman–Crippen LogP) is 4.78. The van der Waals surface area contributed by atoms with E-state index in [0.29, 0.717) is 36.0 Å². The van der Waals surface area contributed by atoms with E-state index in [1.807, 2.05) is 54.1 Å². The summed E-state index contributed by atoms with van der Waals surface area (Å²) >= 11 is 5.90. The molecule has 0 aliphatic carbocycles. The monoisotopic (exact) mass is 435 g/mol. The van der Waals surface area contributed by atoms with Crippen LogP contribution in [0.5, 0.6) is 0 Å². The smallest absolute Gasteiger partial charge is 0.226 e. The van der Waals surface area contributed by atoms with Crippen molar-refractivity contribution in [2.24, 2.45) is 0 Å². The summed E-state index contributed by atoms with van der Waals surface area (Å²) in [6.45, 7) is 1.97. The van der Waals surface area contributed by atoms with Gasteiger partial charge in [-0.2, -0.15) is 4.98 Å². The molecule has 8 heteroatoms. The van der Waals surface area contributed by atoms with Gasteiger partial charge in [-0.1, -0.05) is 28.9 Å². The maximum absolute atomic E-state index is 12.3. The van der Waals surface area contributed by atoms with E-state index in [1.54, 1.807) is 24.7 Å². The van der Waals surface area contributed by atoms with Gasteiger partial charge in [-0.15, -0.1) is 0 Å². The van der Waals surface area contributed by atoms with Crippen molar-refractivity contribution >= 4 is 17.5 Å². The third-order valence-corrected chi connectivity index (χ3v) is 5.19. The fourth-order valence-corrected chi connectivity index (χ4v) is 3.34. The number of aromatic nitrogens is 4. The van der Waals surface area contributed by atoms with E-state index in [-0.39, 0.29) is 11.9 Å². The van der Waals surface area contributed by atoms with Crippen LogP contribution in [-0.2, 0) is 11.2 Å². The molecule has 1 unspecified atom stereocenters. The average Bonchev–Trinajstić information content (AvgIpc) is 3.47. The Morgan fingerprint density at radius 3 is 2.65 bits per heavy atom. The van der Waals surface area contributed by atoms with Gasteiger partial charge in [0.2, 0.25) is 17.6 Å². The first-order valence-corrected chi connectivity index (χ1v) is 10.4. The van der Waals surface area contributed by atoms with Crippen molar-refractivity contribution < 1.29 is 9.32 Å². The summed E-state index contributed by atoms with van der Waals surface area (Å²) in [4.78, 5) is 20.8. The normalized spacial score (nSPS) is 11.9. The molecular formula is C23H22ClN5O2. The molecule has 4 rings (SSSR count). The van der Waals surface area contributed by atoms with Crippen LogP contribution >= 0.6 is 11.6 Å². The van der Waals surface area contributed by atoms with Crippen molar-refractivity contribution in [3.05, 3.63) is 83.7 Å². The minimum absolute atomic E-state index is 0.0105. The number of amides is 1. The summed E-state index contributed by atoms with van der Waals surface area (Å²) in [5.41, 5.74) is 2.91. The molecule has 1 N–H and O–H groups in total. The molecule has 0 aliphatic rings. The van der Waals surface area contributed by atoms with E-state index in [1.165, 1.54) is 0 Å².